The molecule has 1 heterocycles. The zero-order valence-electron chi connectivity index (χ0n) is 12.5. The van der Waals surface area contributed by atoms with Crippen LogP contribution in [-0.2, 0) is 6.18 Å². The maximum absolute atomic E-state index is 12.5. The van der Waals surface area contributed by atoms with Gasteiger partial charge in [-0.15, -0.1) is 11.8 Å². The lowest BCUT2D eigenvalue weighted by Crippen LogP contribution is -2.41. The van der Waals surface area contributed by atoms with Gasteiger partial charge in [0.1, 0.15) is 5.03 Å². The highest BCUT2D eigenvalue weighted by atomic mass is 35.5. The molecular formula is C14H20ClF3N2S. The van der Waals surface area contributed by atoms with Gasteiger partial charge in [-0.25, -0.2) is 4.98 Å². The van der Waals surface area contributed by atoms with Crippen molar-refractivity contribution in [3.05, 3.63) is 22.8 Å². The Kier molecular flexibility index (Phi) is 6.37. The van der Waals surface area contributed by atoms with Crippen LogP contribution >= 0.6 is 23.4 Å². The molecule has 1 N–H and O–H groups in total. The molecule has 0 radical (unpaired) electrons. The van der Waals surface area contributed by atoms with Gasteiger partial charge in [0.15, 0.2) is 0 Å². The number of nitrogens with zero attached hydrogens (tertiary/aromatic N) is 1. The summed E-state index contributed by atoms with van der Waals surface area (Å²) in [5.41, 5.74) is -0.790. The zero-order chi connectivity index (χ0) is 16.3. The van der Waals surface area contributed by atoms with E-state index in [0.29, 0.717) is 5.03 Å². The summed E-state index contributed by atoms with van der Waals surface area (Å²) in [5, 5.41) is 4.03. The van der Waals surface area contributed by atoms with E-state index in [1.165, 1.54) is 11.8 Å². The van der Waals surface area contributed by atoms with Crippen molar-refractivity contribution in [2.45, 2.75) is 56.1 Å². The Bertz CT molecular complexity index is 478. The van der Waals surface area contributed by atoms with Crippen molar-refractivity contribution < 1.29 is 13.2 Å². The molecule has 0 bridgehead atoms. The quantitative estimate of drug-likeness (QED) is 0.736. The van der Waals surface area contributed by atoms with Gasteiger partial charge in [0.05, 0.1) is 10.6 Å². The first-order valence-corrected chi connectivity index (χ1v) is 7.95. The number of hydrogen-bond donors (Lipinski definition) is 1. The van der Waals surface area contributed by atoms with Crippen LogP contribution in [0, 0.1) is 0 Å². The second-order valence-electron chi connectivity index (χ2n) is 5.56. The number of nitrogens with one attached hydrogen (secondary N) is 1. The molecule has 21 heavy (non-hydrogen) atoms. The van der Waals surface area contributed by atoms with Crippen LogP contribution in [0.2, 0.25) is 5.02 Å². The highest BCUT2D eigenvalue weighted by Crippen LogP contribution is 2.34. The van der Waals surface area contributed by atoms with Crippen molar-refractivity contribution in [1.82, 2.24) is 10.3 Å². The second-order valence-corrected chi connectivity index (χ2v) is 7.39. The van der Waals surface area contributed by atoms with Crippen LogP contribution in [0.15, 0.2) is 17.3 Å². The van der Waals surface area contributed by atoms with Gasteiger partial charge in [-0.2, -0.15) is 13.2 Å². The molecule has 120 valence electrons. The molecule has 1 aromatic rings. The minimum atomic E-state index is -4.42. The number of hydrogen-bond acceptors (Lipinski definition) is 3. The van der Waals surface area contributed by atoms with Crippen LogP contribution in [-0.4, -0.2) is 22.3 Å². The van der Waals surface area contributed by atoms with Crippen LogP contribution in [0.5, 0.6) is 0 Å². The summed E-state index contributed by atoms with van der Waals surface area (Å²) in [5.74, 6) is 0. The number of thioether (sulfide) groups is 1. The van der Waals surface area contributed by atoms with E-state index in [-0.39, 0.29) is 15.8 Å². The number of alkyl halides is 3. The van der Waals surface area contributed by atoms with E-state index < -0.39 is 11.7 Å². The van der Waals surface area contributed by atoms with Crippen molar-refractivity contribution in [3.63, 3.8) is 0 Å². The highest BCUT2D eigenvalue weighted by molar-refractivity contribution is 8.00. The first-order valence-electron chi connectivity index (χ1n) is 6.69. The van der Waals surface area contributed by atoms with Crippen LogP contribution in [0.4, 0.5) is 13.2 Å². The molecule has 0 saturated heterocycles. The van der Waals surface area contributed by atoms with Gasteiger partial charge in [0, 0.05) is 23.5 Å². The summed E-state index contributed by atoms with van der Waals surface area (Å²) >= 11 is 7.26. The molecule has 0 amide bonds. The molecule has 0 spiro atoms. The first kappa shape index (κ1) is 18.6. The summed E-state index contributed by atoms with van der Waals surface area (Å²) in [7, 11) is 0. The summed E-state index contributed by atoms with van der Waals surface area (Å²) in [6, 6.07) is 0.924. The van der Waals surface area contributed by atoms with Crippen LogP contribution in [0.1, 0.15) is 39.7 Å². The fourth-order valence-corrected chi connectivity index (χ4v) is 2.58. The lowest BCUT2D eigenvalue weighted by molar-refractivity contribution is -0.137. The van der Waals surface area contributed by atoms with Crippen molar-refractivity contribution in [3.8, 4) is 0 Å². The molecule has 1 rings (SSSR count). The van der Waals surface area contributed by atoms with Crippen LogP contribution in [0.25, 0.3) is 0 Å². The van der Waals surface area contributed by atoms with Gasteiger partial charge in [-0.05, 0) is 26.3 Å². The second kappa shape index (κ2) is 7.20. The van der Waals surface area contributed by atoms with Crippen molar-refractivity contribution in [2.24, 2.45) is 0 Å². The van der Waals surface area contributed by atoms with Gasteiger partial charge < -0.3 is 5.32 Å². The topological polar surface area (TPSA) is 24.9 Å². The fraction of sp³-hybridized carbons (Fsp3) is 0.643. The van der Waals surface area contributed by atoms with E-state index in [2.05, 4.69) is 31.1 Å². The summed E-state index contributed by atoms with van der Waals surface area (Å²) in [4.78, 5) is 3.83. The number of halogens is 4. The van der Waals surface area contributed by atoms with Gasteiger partial charge >= 0.3 is 6.18 Å². The maximum Gasteiger partial charge on any atom is 0.417 e. The summed E-state index contributed by atoms with van der Waals surface area (Å²) in [6.07, 6.45) is -2.60. The van der Waals surface area contributed by atoms with E-state index in [1.807, 2.05) is 6.92 Å². The molecule has 0 saturated carbocycles. The lowest BCUT2D eigenvalue weighted by atomic mass is 10.0. The summed E-state index contributed by atoms with van der Waals surface area (Å²) in [6.45, 7) is 9.02. The molecular weight excluding hydrogens is 321 g/mol. The van der Waals surface area contributed by atoms with Gasteiger partial charge in [-0.1, -0.05) is 25.4 Å². The largest absolute Gasteiger partial charge is 0.417 e. The average molecular weight is 341 g/mol. The number of rotatable bonds is 6. The third kappa shape index (κ3) is 6.04. The van der Waals surface area contributed by atoms with Gasteiger partial charge in [0.25, 0.3) is 0 Å². The predicted molar refractivity (Wildman–Crippen MR) is 81.9 cm³/mol. The van der Waals surface area contributed by atoms with E-state index >= 15 is 0 Å². The molecule has 2 nitrogen and oxygen atoms in total. The number of aromatic nitrogens is 1. The Morgan fingerprint density at radius 1 is 1.38 bits per heavy atom. The predicted octanol–water partition coefficient (Wildman–Crippen LogP) is 5.01. The Labute approximate surface area is 132 Å². The maximum atomic E-state index is 12.5. The minimum absolute atomic E-state index is 0.0339. The van der Waals surface area contributed by atoms with Crippen molar-refractivity contribution >= 4 is 23.4 Å². The lowest BCUT2D eigenvalue weighted by Gasteiger charge is -2.26. The highest BCUT2D eigenvalue weighted by Gasteiger charge is 2.31. The third-order valence-electron chi connectivity index (χ3n) is 3.20. The molecule has 0 aliphatic carbocycles. The van der Waals surface area contributed by atoms with Gasteiger partial charge in [0.2, 0.25) is 0 Å². The molecule has 0 fully saturated rings. The third-order valence-corrected chi connectivity index (χ3v) is 4.72. The summed E-state index contributed by atoms with van der Waals surface area (Å²) < 4.78 is 37.6. The Morgan fingerprint density at radius 2 is 2.00 bits per heavy atom. The van der Waals surface area contributed by atoms with E-state index in [4.69, 9.17) is 11.6 Å². The van der Waals surface area contributed by atoms with Crippen molar-refractivity contribution in [2.75, 3.05) is 6.54 Å². The Morgan fingerprint density at radius 3 is 2.48 bits per heavy atom. The van der Waals surface area contributed by atoms with Crippen LogP contribution in [0.3, 0.4) is 0 Å². The monoisotopic (exact) mass is 340 g/mol. The Balaban J connectivity index is 2.67. The normalized spacial score (nSPS) is 14.3. The first-order chi connectivity index (χ1) is 9.55. The molecule has 0 aliphatic rings. The molecule has 0 aromatic carbocycles. The van der Waals surface area contributed by atoms with E-state index in [1.54, 1.807) is 0 Å². The smallest absolute Gasteiger partial charge is 0.311 e. The molecule has 1 atom stereocenters. The zero-order valence-corrected chi connectivity index (χ0v) is 14.1. The fourth-order valence-electron chi connectivity index (χ4n) is 1.44. The standard InChI is InChI=1S/C14H20ClF3N2S/c1-5-13(3,4)20-7-9(2)21-12-11(15)6-10(8-19-12)14(16,17)18/h6,8-9,20H,5,7H2,1-4H3. The number of pyridine rings is 1. The van der Waals surface area contributed by atoms with Crippen LogP contribution < -0.4 is 5.32 Å². The molecule has 1 aromatic heterocycles. The SMILES string of the molecule is CCC(C)(C)NCC(C)Sc1ncc(C(F)(F)F)cc1Cl. The van der Waals surface area contributed by atoms with Gasteiger partial charge in [-0.3, -0.25) is 0 Å². The van der Waals surface area contributed by atoms with E-state index in [9.17, 15) is 13.2 Å². The molecule has 0 aliphatic heterocycles. The average Bonchev–Trinajstić information content (AvgIpc) is 2.38. The molecule has 1 unspecified atom stereocenters. The Hall–Kier alpha value is -0.460. The minimum Gasteiger partial charge on any atom is -0.311 e. The molecule has 7 heteroatoms. The van der Waals surface area contributed by atoms with E-state index in [0.717, 1.165) is 25.2 Å². The van der Waals surface area contributed by atoms with Crippen molar-refractivity contribution in [1.29, 1.82) is 0 Å².